The van der Waals surface area contributed by atoms with Crippen molar-refractivity contribution in [3.05, 3.63) is 58.8 Å². The normalized spacial score (nSPS) is 12.7. The van der Waals surface area contributed by atoms with E-state index in [2.05, 4.69) is 5.43 Å². The first kappa shape index (κ1) is 12.8. The molecule has 0 aliphatic carbocycles. The van der Waals surface area contributed by atoms with Gasteiger partial charge >= 0.3 is 0 Å². The molecular formula is C14H17FN2O. The van der Waals surface area contributed by atoms with Crippen LogP contribution in [0, 0.1) is 12.7 Å². The number of hydrazine groups is 1. The van der Waals surface area contributed by atoms with E-state index in [1.165, 1.54) is 12.1 Å². The van der Waals surface area contributed by atoms with Crippen LogP contribution in [0.2, 0.25) is 0 Å². The number of benzene rings is 1. The van der Waals surface area contributed by atoms with Crippen molar-refractivity contribution in [2.45, 2.75) is 26.3 Å². The standard InChI is InChI=1S/C14H17FN2O/c1-3-12-4-5-13(18-12)14(17-16)10-6-9(2)7-11(15)8-10/h4-8,14,17H,3,16H2,1-2H3. The van der Waals surface area contributed by atoms with Gasteiger partial charge in [-0.2, -0.15) is 0 Å². The Morgan fingerprint density at radius 1 is 1.33 bits per heavy atom. The summed E-state index contributed by atoms with van der Waals surface area (Å²) in [5, 5.41) is 0. The van der Waals surface area contributed by atoms with Crippen LogP contribution in [0.1, 0.15) is 35.6 Å². The number of aryl methyl sites for hydroxylation is 2. The van der Waals surface area contributed by atoms with Crippen molar-refractivity contribution < 1.29 is 8.81 Å². The predicted molar refractivity (Wildman–Crippen MR) is 68.4 cm³/mol. The van der Waals surface area contributed by atoms with Crippen molar-refractivity contribution in [2.24, 2.45) is 5.84 Å². The van der Waals surface area contributed by atoms with Gasteiger partial charge in [-0.3, -0.25) is 5.84 Å². The highest BCUT2D eigenvalue weighted by Gasteiger charge is 2.17. The Morgan fingerprint density at radius 3 is 2.67 bits per heavy atom. The highest BCUT2D eigenvalue weighted by molar-refractivity contribution is 5.31. The maximum Gasteiger partial charge on any atom is 0.126 e. The summed E-state index contributed by atoms with van der Waals surface area (Å²) in [6.45, 7) is 3.86. The molecule has 0 radical (unpaired) electrons. The van der Waals surface area contributed by atoms with Gasteiger partial charge in [-0.15, -0.1) is 0 Å². The number of halogens is 1. The molecule has 3 N–H and O–H groups in total. The highest BCUT2D eigenvalue weighted by Crippen LogP contribution is 2.25. The molecule has 0 aliphatic heterocycles. The zero-order chi connectivity index (χ0) is 13.1. The molecule has 0 fully saturated rings. The molecule has 96 valence electrons. The van der Waals surface area contributed by atoms with E-state index in [9.17, 15) is 4.39 Å². The van der Waals surface area contributed by atoms with Gasteiger partial charge in [-0.1, -0.05) is 13.0 Å². The number of rotatable bonds is 4. The maximum atomic E-state index is 13.4. The van der Waals surface area contributed by atoms with Gasteiger partial charge in [0, 0.05) is 6.42 Å². The molecule has 2 rings (SSSR count). The molecule has 0 saturated carbocycles. The lowest BCUT2D eigenvalue weighted by Gasteiger charge is -2.14. The summed E-state index contributed by atoms with van der Waals surface area (Å²) in [7, 11) is 0. The first-order valence-electron chi connectivity index (χ1n) is 5.96. The van der Waals surface area contributed by atoms with E-state index in [0.717, 1.165) is 23.3 Å². The molecule has 0 amide bonds. The molecule has 18 heavy (non-hydrogen) atoms. The van der Waals surface area contributed by atoms with Crippen LogP contribution in [-0.4, -0.2) is 0 Å². The lowest BCUT2D eigenvalue weighted by molar-refractivity contribution is 0.425. The average Bonchev–Trinajstić information content (AvgIpc) is 2.77. The van der Waals surface area contributed by atoms with Crippen molar-refractivity contribution in [3.8, 4) is 0 Å². The number of nitrogens with two attached hydrogens (primary N) is 1. The Kier molecular flexibility index (Phi) is 3.79. The third-order valence-electron chi connectivity index (χ3n) is 2.88. The van der Waals surface area contributed by atoms with E-state index in [0.29, 0.717) is 5.76 Å². The summed E-state index contributed by atoms with van der Waals surface area (Å²) < 4.78 is 19.1. The van der Waals surface area contributed by atoms with Crippen molar-refractivity contribution >= 4 is 0 Å². The van der Waals surface area contributed by atoms with Crippen molar-refractivity contribution in [3.63, 3.8) is 0 Å². The van der Waals surface area contributed by atoms with Crippen molar-refractivity contribution in [2.75, 3.05) is 0 Å². The van der Waals surface area contributed by atoms with Gasteiger partial charge in [0.05, 0.1) is 0 Å². The molecule has 1 aromatic heterocycles. The number of hydrogen-bond donors (Lipinski definition) is 2. The first-order chi connectivity index (χ1) is 8.63. The first-order valence-corrected chi connectivity index (χ1v) is 5.96. The molecule has 0 saturated heterocycles. The van der Waals surface area contributed by atoms with Crippen molar-refractivity contribution in [1.82, 2.24) is 5.43 Å². The Bertz CT molecular complexity index is 516. The zero-order valence-electron chi connectivity index (χ0n) is 10.5. The molecule has 3 nitrogen and oxygen atoms in total. The average molecular weight is 248 g/mol. The molecule has 1 heterocycles. The molecule has 0 spiro atoms. The summed E-state index contributed by atoms with van der Waals surface area (Å²) in [6.07, 6.45) is 0.819. The Hall–Kier alpha value is -1.65. The molecule has 0 bridgehead atoms. The fraction of sp³-hybridized carbons (Fsp3) is 0.286. The van der Waals surface area contributed by atoms with E-state index in [1.54, 1.807) is 0 Å². The van der Waals surface area contributed by atoms with Crippen LogP contribution in [0.15, 0.2) is 34.7 Å². The van der Waals surface area contributed by atoms with Crippen LogP contribution >= 0.6 is 0 Å². The summed E-state index contributed by atoms with van der Waals surface area (Å²) in [4.78, 5) is 0. The molecule has 1 aromatic carbocycles. The Balaban J connectivity index is 2.38. The fourth-order valence-electron chi connectivity index (χ4n) is 2.01. The SMILES string of the molecule is CCc1ccc(C(NN)c2cc(C)cc(F)c2)o1. The Labute approximate surface area is 106 Å². The molecule has 4 heteroatoms. The summed E-state index contributed by atoms with van der Waals surface area (Å²) in [5.74, 6) is 6.87. The van der Waals surface area contributed by atoms with Crippen LogP contribution < -0.4 is 11.3 Å². The zero-order valence-corrected chi connectivity index (χ0v) is 10.5. The fourth-order valence-corrected chi connectivity index (χ4v) is 2.01. The van der Waals surface area contributed by atoms with E-state index in [4.69, 9.17) is 10.3 Å². The van der Waals surface area contributed by atoms with Gasteiger partial charge in [0.15, 0.2) is 0 Å². The van der Waals surface area contributed by atoms with E-state index in [1.807, 2.05) is 32.0 Å². The van der Waals surface area contributed by atoms with Gasteiger partial charge in [0.1, 0.15) is 23.4 Å². The second-order valence-electron chi connectivity index (χ2n) is 4.32. The van der Waals surface area contributed by atoms with Gasteiger partial charge in [0.2, 0.25) is 0 Å². The van der Waals surface area contributed by atoms with Crippen LogP contribution in [0.4, 0.5) is 4.39 Å². The smallest absolute Gasteiger partial charge is 0.126 e. The second-order valence-corrected chi connectivity index (χ2v) is 4.32. The third kappa shape index (κ3) is 2.60. The van der Waals surface area contributed by atoms with E-state index in [-0.39, 0.29) is 11.9 Å². The minimum Gasteiger partial charge on any atom is -0.464 e. The van der Waals surface area contributed by atoms with Gasteiger partial charge in [-0.05, 0) is 42.3 Å². The lowest BCUT2D eigenvalue weighted by atomic mass is 10.0. The summed E-state index contributed by atoms with van der Waals surface area (Å²) in [6, 6.07) is 8.28. The predicted octanol–water partition coefficient (Wildman–Crippen LogP) is 2.84. The number of furan rings is 1. The highest BCUT2D eigenvalue weighted by atomic mass is 19.1. The van der Waals surface area contributed by atoms with Gasteiger partial charge in [-0.25, -0.2) is 9.82 Å². The lowest BCUT2D eigenvalue weighted by Crippen LogP contribution is -2.28. The molecule has 1 atom stereocenters. The van der Waals surface area contributed by atoms with Crippen LogP contribution in [0.3, 0.4) is 0 Å². The number of nitrogens with one attached hydrogen (secondary N) is 1. The second kappa shape index (κ2) is 5.33. The van der Waals surface area contributed by atoms with Crippen LogP contribution in [0.5, 0.6) is 0 Å². The molecule has 2 aromatic rings. The maximum absolute atomic E-state index is 13.4. The number of hydrogen-bond acceptors (Lipinski definition) is 3. The quantitative estimate of drug-likeness (QED) is 0.646. The molecule has 1 unspecified atom stereocenters. The third-order valence-corrected chi connectivity index (χ3v) is 2.88. The molecule has 0 aliphatic rings. The Morgan fingerprint density at radius 2 is 2.11 bits per heavy atom. The minimum atomic E-state index is -0.334. The summed E-state index contributed by atoms with van der Waals surface area (Å²) in [5.41, 5.74) is 4.28. The van der Waals surface area contributed by atoms with Crippen molar-refractivity contribution in [1.29, 1.82) is 0 Å². The van der Waals surface area contributed by atoms with Gasteiger partial charge < -0.3 is 4.42 Å². The van der Waals surface area contributed by atoms with Crippen LogP contribution in [-0.2, 0) is 6.42 Å². The van der Waals surface area contributed by atoms with Gasteiger partial charge in [0.25, 0.3) is 0 Å². The molecular weight excluding hydrogens is 231 g/mol. The van der Waals surface area contributed by atoms with E-state index < -0.39 is 0 Å². The van der Waals surface area contributed by atoms with E-state index >= 15 is 0 Å². The monoisotopic (exact) mass is 248 g/mol. The van der Waals surface area contributed by atoms with Crippen LogP contribution in [0.25, 0.3) is 0 Å². The minimum absolute atomic E-state index is 0.271. The summed E-state index contributed by atoms with van der Waals surface area (Å²) >= 11 is 0. The topological polar surface area (TPSA) is 51.2 Å². The largest absolute Gasteiger partial charge is 0.464 e.